The van der Waals surface area contributed by atoms with Gasteiger partial charge in [0.1, 0.15) is 25.0 Å². The molecule has 4 heterocycles. The molecule has 2 N–H and O–H groups in total. The Labute approximate surface area is 116 Å². The van der Waals surface area contributed by atoms with Crippen molar-refractivity contribution in [3.05, 3.63) is 18.5 Å². The van der Waals surface area contributed by atoms with Gasteiger partial charge >= 0.3 is 0 Å². The number of aromatic amines is 1. The molecule has 0 aromatic carbocycles. The van der Waals surface area contributed by atoms with Crippen molar-refractivity contribution in [2.45, 2.75) is 25.4 Å². The summed E-state index contributed by atoms with van der Waals surface area (Å²) in [5.74, 6) is 2.37. The molecule has 0 radical (unpaired) electrons. The van der Waals surface area contributed by atoms with E-state index >= 15 is 0 Å². The number of anilines is 1. The monoisotopic (exact) mass is 274 g/mol. The van der Waals surface area contributed by atoms with Gasteiger partial charge in [-0.3, -0.25) is 5.10 Å². The number of nitrogens with zero attached hydrogens (tertiary/aromatic N) is 6. The van der Waals surface area contributed by atoms with Gasteiger partial charge in [0.15, 0.2) is 0 Å². The molecule has 2 aliphatic heterocycles. The van der Waals surface area contributed by atoms with Crippen LogP contribution in [0, 0.1) is 5.92 Å². The zero-order valence-corrected chi connectivity index (χ0v) is 11.2. The maximum Gasteiger partial charge on any atom is 0.245 e. The van der Waals surface area contributed by atoms with Crippen molar-refractivity contribution >= 4 is 5.95 Å². The molecular formula is C12H18N8. The van der Waals surface area contributed by atoms with Crippen LogP contribution < -0.4 is 10.2 Å². The van der Waals surface area contributed by atoms with Gasteiger partial charge in [-0.2, -0.15) is 10.1 Å². The lowest BCUT2D eigenvalue weighted by molar-refractivity contribution is 0.381. The van der Waals surface area contributed by atoms with Gasteiger partial charge in [0.2, 0.25) is 5.95 Å². The van der Waals surface area contributed by atoms with E-state index in [-0.39, 0.29) is 0 Å². The summed E-state index contributed by atoms with van der Waals surface area (Å²) in [6, 6.07) is 0.541. The standard InChI is InChI=1S/C12H18N8/c1-2-9-4-13-5-10(9)20(3-1)12-16-11(17-18-12)6-19-8-14-7-15-19/h7-10,13H,1-6H2,(H,16,17,18). The highest BCUT2D eigenvalue weighted by molar-refractivity contribution is 5.33. The Bertz CT molecular complexity index is 562. The van der Waals surface area contributed by atoms with Gasteiger partial charge in [-0.1, -0.05) is 0 Å². The van der Waals surface area contributed by atoms with Crippen LogP contribution >= 0.6 is 0 Å². The largest absolute Gasteiger partial charge is 0.335 e. The molecule has 2 aliphatic rings. The van der Waals surface area contributed by atoms with E-state index in [9.17, 15) is 0 Å². The first-order chi connectivity index (χ1) is 9.90. The highest BCUT2D eigenvalue weighted by Gasteiger charge is 2.36. The third kappa shape index (κ3) is 2.05. The van der Waals surface area contributed by atoms with Crippen molar-refractivity contribution in [3.63, 3.8) is 0 Å². The highest BCUT2D eigenvalue weighted by Crippen LogP contribution is 2.28. The van der Waals surface area contributed by atoms with E-state index in [1.165, 1.54) is 19.2 Å². The van der Waals surface area contributed by atoms with E-state index in [4.69, 9.17) is 0 Å². The van der Waals surface area contributed by atoms with E-state index in [0.717, 1.165) is 37.3 Å². The predicted molar refractivity (Wildman–Crippen MR) is 72.2 cm³/mol. The highest BCUT2D eigenvalue weighted by atomic mass is 15.4. The summed E-state index contributed by atoms with van der Waals surface area (Å²) in [5.41, 5.74) is 0. The topological polar surface area (TPSA) is 87.5 Å². The normalized spacial score (nSPS) is 25.9. The molecule has 106 valence electrons. The molecule has 8 heteroatoms. The minimum atomic E-state index is 0.541. The van der Waals surface area contributed by atoms with Crippen molar-refractivity contribution in [3.8, 4) is 0 Å². The van der Waals surface area contributed by atoms with Gasteiger partial charge in [-0.25, -0.2) is 9.67 Å². The van der Waals surface area contributed by atoms with E-state index < -0.39 is 0 Å². The van der Waals surface area contributed by atoms with Crippen LogP contribution in [0.5, 0.6) is 0 Å². The molecule has 0 amide bonds. The predicted octanol–water partition coefficient (Wildman–Crippen LogP) is -0.367. The summed E-state index contributed by atoms with van der Waals surface area (Å²) in [6.45, 7) is 3.78. The van der Waals surface area contributed by atoms with Crippen LogP contribution in [0.25, 0.3) is 0 Å². The molecule has 2 aromatic rings. The van der Waals surface area contributed by atoms with Crippen LogP contribution in [-0.2, 0) is 6.54 Å². The Morgan fingerprint density at radius 3 is 3.25 bits per heavy atom. The number of hydrogen-bond acceptors (Lipinski definition) is 6. The lowest BCUT2D eigenvalue weighted by atomic mass is 9.92. The number of rotatable bonds is 3. The fourth-order valence-corrected chi connectivity index (χ4v) is 3.27. The van der Waals surface area contributed by atoms with Crippen LogP contribution in [0.2, 0.25) is 0 Å². The van der Waals surface area contributed by atoms with Gasteiger partial charge in [0.25, 0.3) is 0 Å². The van der Waals surface area contributed by atoms with Crippen molar-refractivity contribution < 1.29 is 0 Å². The SMILES string of the molecule is c1ncn(Cc2nc(N3CCCC4CNCC43)n[nH]2)n1. The molecule has 2 fully saturated rings. The molecule has 2 aromatic heterocycles. The second kappa shape index (κ2) is 4.86. The molecule has 4 rings (SSSR count). The molecule has 8 nitrogen and oxygen atoms in total. The molecule has 0 spiro atoms. The van der Waals surface area contributed by atoms with Gasteiger partial charge in [0, 0.05) is 25.7 Å². The average molecular weight is 274 g/mol. The third-order valence-electron chi connectivity index (χ3n) is 4.23. The third-order valence-corrected chi connectivity index (χ3v) is 4.23. The molecule has 2 atom stereocenters. The van der Waals surface area contributed by atoms with Gasteiger partial charge in [0.05, 0.1) is 0 Å². The number of nitrogens with one attached hydrogen (secondary N) is 2. The van der Waals surface area contributed by atoms with Gasteiger partial charge in [-0.05, 0) is 18.8 Å². The van der Waals surface area contributed by atoms with Crippen LogP contribution in [0.3, 0.4) is 0 Å². The van der Waals surface area contributed by atoms with Gasteiger partial charge < -0.3 is 10.2 Å². The molecule has 0 aliphatic carbocycles. The van der Waals surface area contributed by atoms with Crippen molar-refractivity contribution in [2.75, 3.05) is 24.5 Å². The van der Waals surface area contributed by atoms with E-state index in [0.29, 0.717) is 12.6 Å². The molecule has 0 bridgehead atoms. The Morgan fingerprint density at radius 1 is 1.35 bits per heavy atom. The first-order valence-electron chi connectivity index (χ1n) is 7.11. The lowest BCUT2D eigenvalue weighted by Crippen LogP contribution is -2.45. The second-order valence-electron chi connectivity index (χ2n) is 5.50. The zero-order chi connectivity index (χ0) is 13.4. The van der Waals surface area contributed by atoms with E-state index in [2.05, 4.69) is 35.5 Å². The summed E-state index contributed by atoms with van der Waals surface area (Å²) in [7, 11) is 0. The summed E-state index contributed by atoms with van der Waals surface area (Å²) in [6.07, 6.45) is 5.73. The Balaban J connectivity index is 1.52. The molecule has 0 saturated carbocycles. The number of piperidine rings is 1. The zero-order valence-electron chi connectivity index (χ0n) is 11.2. The summed E-state index contributed by atoms with van der Waals surface area (Å²) < 4.78 is 1.74. The maximum absolute atomic E-state index is 4.61. The van der Waals surface area contributed by atoms with E-state index in [1.807, 2.05) is 0 Å². The maximum atomic E-state index is 4.61. The number of fused-ring (bicyclic) bond motifs is 1. The first-order valence-corrected chi connectivity index (χ1v) is 7.11. The first kappa shape index (κ1) is 11.8. The van der Waals surface area contributed by atoms with Crippen LogP contribution in [-0.4, -0.2) is 55.6 Å². The average Bonchev–Trinajstić information content (AvgIpc) is 3.19. The molecule has 2 unspecified atom stereocenters. The quantitative estimate of drug-likeness (QED) is 0.794. The van der Waals surface area contributed by atoms with Crippen molar-refractivity contribution in [1.29, 1.82) is 0 Å². The van der Waals surface area contributed by atoms with Crippen LogP contribution in [0.15, 0.2) is 12.7 Å². The molecule has 20 heavy (non-hydrogen) atoms. The van der Waals surface area contributed by atoms with Crippen LogP contribution in [0.4, 0.5) is 5.95 Å². The minimum Gasteiger partial charge on any atom is -0.335 e. The molecule has 2 saturated heterocycles. The fourth-order valence-electron chi connectivity index (χ4n) is 3.27. The summed E-state index contributed by atoms with van der Waals surface area (Å²) in [5, 5.41) is 14.9. The Morgan fingerprint density at radius 2 is 2.35 bits per heavy atom. The Hall–Kier alpha value is -1.96. The minimum absolute atomic E-state index is 0.541. The smallest absolute Gasteiger partial charge is 0.245 e. The summed E-state index contributed by atoms with van der Waals surface area (Å²) >= 11 is 0. The van der Waals surface area contributed by atoms with Gasteiger partial charge in [-0.15, -0.1) is 5.10 Å². The second-order valence-corrected chi connectivity index (χ2v) is 5.50. The fraction of sp³-hybridized carbons (Fsp3) is 0.667. The summed E-state index contributed by atoms with van der Waals surface area (Å²) in [4.78, 5) is 10.9. The lowest BCUT2D eigenvalue weighted by Gasteiger charge is -2.36. The van der Waals surface area contributed by atoms with Crippen molar-refractivity contribution in [2.24, 2.45) is 5.92 Å². The number of aromatic nitrogens is 6. The van der Waals surface area contributed by atoms with E-state index in [1.54, 1.807) is 11.0 Å². The van der Waals surface area contributed by atoms with Crippen molar-refractivity contribution in [1.82, 2.24) is 35.3 Å². The number of hydrogen-bond donors (Lipinski definition) is 2. The molecular weight excluding hydrogens is 256 g/mol. The Kier molecular flexibility index (Phi) is 2.87. The van der Waals surface area contributed by atoms with Crippen LogP contribution in [0.1, 0.15) is 18.7 Å². The number of H-pyrrole nitrogens is 1.